The van der Waals surface area contributed by atoms with E-state index in [1.165, 1.54) is 0 Å². The summed E-state index contributed by atoms with van der Waals surface area (Å²) in [7, 11) is 0. The van der Waals surface area contributed by atoms with E-state index in [-0.39, 0.29) is 17.4 Å². The maximum absolute atomic E-state index is 13.3. The molecule has 1 aliphatic rings. The van der Waals surface area contributed by atoms with E-state index in [0.29, 0.717) is 23.6 Å². The van der Waals surface area contributed by atoms with Gasteiger partial charge in [0.15, 0.2) is 11.5 Å². The predicted molar refractivity (Wildman–Crippen MR) is 106 cm³/mol. The Hall–Kier alpha value is -3.94. The Bertz CT molecular complexity index is 1260. The molecule has 2 amide bonds. The van der Waals surface area contributed by atoms with Gasteiger partial charge >= 0.3 is 0 Å². The van der Waals surface area contributed by atoms with Crippen LogP contribution in [-0.4, -0.2) is 32.9 Å². The maximum Gasteiger partial charge on any atom is 0.294 e. The number of carbonyl (C=O) groups is 2. The van der Waals surface area contributed by atoms with Crippen LogP contribution < -0.4 is 10.2 Å². The highest BCUT2D eigenvalue weighted by Crippen LogP contribution is 2.29. The van der Waals surface area contributed by atoms with Crippen LogP contribution in [0.5, 0.6) is 0 Å². The molecule has 0 saturated carbocycles. The average molecular weight is 387 g/mol. The summed E-state index contributed by atoms with van der Waals surface area (Å²) in [5.41, 5.74) is 2.71. The second-order valence-corrected chi connectivity index (χ2v) is 6.85. The van der Waals surface area contributed by atoms with E-state index in [4.69, 9.17) is 4.52 Å². The monoisotopic (exact) mass is 387 g/mol. The lowest BCUT2D eigenvalue weighted by Crippen LogP contribution is -2.30. The van der Waals surface area contributed by atoms with Crippen molar-refractivity contribution in [3.8, 4) is 0 Å². The molecule has 29 heavy (non-hydrogen) atoms. The van der Waals surface area contributed by atoms with Crippen molar-refractivity contribution in [3.63, 3.8) is 0 Å². The average Bonchev–Trinajstić information content (AvgIpc) is 3.44. The summed E-state index contributed by atoms with van der Waals surface area (Å²) in [6.07, 6.45) is 2.53. The number of aromatic nitrogens is 3. The minimum Gasteiger partial charge on any atom is -0.360 e. The van der Waals surface area contributed by atoms with Gasteiger partial charge in [0.1, 0.15) is 5.76 Å². The Morgan fingerprint density at radius 1 is 1.14 bits per heavy atom. The largest absolute Gasteiger partial charge is 0.360 e. The third-order valence-electron chi connectivity index (χ3n) is 4.96. The summed E-state index contributed by atoms with van der Waals surface area (Å²) in [5.74, 6) is 0.374. The first-order chi connectivity index (χ1) is 14.1. The van der Waals surface area contributed by atoms with Crippen LogP contribution in [0.15, 0.2) is 59.3 Å². The standard InChI is InChI=1S/C21H17N5O3/c1-13-12-17(24-29-13)22-20(27)18-16-8-4-5-10-25(16)19(23-18)21(28)26-11-9-14-6-2-3-7-15(14)26/h2-8,10,12H,9,11H2,1H3,(H,22,24,27). The highest BCUT2D eigenvalue weighted by Gasteiger charge is 2.30. The third-order valence-corrected chi connectivity index (χ3v) is 4.96. The van der Waals surface area contributed by atoms with Crippen LogP contribution in [0.4, 0.5) is 11.5 Å². The fourth-order valence-electron chi connectivity index (χ4n) is 3.63. The van der Waals surface area contributed by atoms with Gasteiger partial charge in [-0.25, -0.2) is 4.98 Å². The zero-order chi connectivity index (χ0) is 20.0. The molecule has 0 fully saturated rings. The van der Waals surface area contributed by atoms with Gasteiger partial charge in [0.25, 0.3) is 11.8 Å². The van der Waals surface area contributed by atoms with Crippen molar-refractivity contribution < 1.29 is 14.1 Å². The molecule has 3 aromatic heterocycles. The fourth-order valence-corrected chi connectivity index (χ4v) is 3.63. The molecule has 4 heterocycles. The molecule has 1 N–H and O–H groups in total. The van der Waals surface area contributed by atoms with E-state index in [1.54, 1.807) is 46.7 Å². The van der Waals surface area contributed by atoms with Gasteiger partial charge in [0.05, 0.1) is 5.52 Å². The van der Waals surface area contributed by atoms with Crippen LogP contribution in [0, 0.1) is 6.92 Å². The van der Waals surface area contributed by atoms with E-state index in [1.807, 2.05) is 24.3 Å². The second kappa shape index (κ2) is 6.59. The summed E-state index contributed by atoms with van der Waals surface area (Å²) >= 11 is 0. The zero-order valence-electron chi connectivity index (χ0n) is 15.6. The fraction of sp³-hybridized carbons (Fsp3) is 0.143. The van der Waals surface area contributed by atoms with Gasteiger partial charge in [-0.05, 0) is 37.1 Å². The van der Waals surface area contributed by atoms with E-state index >= 15 is 0 Å². The molecule has 5 rings (SSSR count). The van der Waals surface area contributed by atoms with E-state index in [9.17, 15) is 9.59 Å². The van der Waals surface area contributed by atoms with Gasteiger partial charge < -0.3 is 14.7 Å². The smallest absolute Gasteiger partial charge is 0.294 e. The van der Waals surface area contributed by atoms with Gasteiger partial charge in [-0.1, -0.05) is 29.4 Å². The molecule has 0 aliphatic carbocycles. The number of benzene rings is 1. The molecule has 0 saturated heterocycles. The molecule has 0 unspecified atom stereocenters. The van der Waals surface area contributed by atoms with Crippen LogP contribution in [0.3, 0.4) is 0 Å². The van der Waals surface area contributed by atoms with Gasteiger partial charge in [0.2, 0.25) is 5.82 Å². The summed E-state index contributed by atoms with van der Waals surface area (Å²) in [6.45, 7) is 2.32. The number of imidazole rings is 1. The number of rotatable bonds is 3. The van der Waals surface area contributed by atoms with Gasteiger partial charge in [-0.15, -0.1) is 0 Å². The molecule has 0 bridgehead atoms. The molecule has 8 heteroatoms. The van der Waals surface area contributed by atoms with E-state index in [2.05, 4.69) is 15.5 Å². The van der Waals surface area contributed by atoms with Gasteiger partial charge in [0, 0.05) is 24.5 Å². The van der Waals surface area contributed by atoms with Crippen LogP contribution >= 0.6 is 0 Å². The quantitative estimate of drug-likeness (QED) is 0.583. The number of anilines is 2. The highest BCUT2D eigenvalue weighted by atomic mass is 16.5. The number of hydrogen-bond donors (Lipinski definition) is 1. The number of pyridine rings is 1. The van der Waals surface area contributed by atoms with Crippen LogP contribution in [0.25, 0.3) is 5.52 Å². The van der Waals surface area contributed by atoms with Gasteiger partial charge in [-0.2, -0.15) is 0 Å². The Labute approximate surface area is 165 Å². The molecule has 0 radical (unpaired) electrons. The first kappa shape index (κ1) is 17.2. The Morgan fingerprint density at radius 3 is 2.79 bits per heavy atom. The Kier molecular flexibility index (Phi) is 3.90. The van der Waals surface area contributed by atoms with Crippen LogP contribution in [-0.2, 0) is 6.42 Å². The number of hydrogen-bond acceptors (Lipinski definition) is 5. The molecule has 8 nitrogen and oxygen atoms in total. The molecule has 1 aromatic carbocycles. The second-order valence-electron chi connectivity index (χ2n) is 6.85. The summed E-state index contributed by atoms with van der Waals surface area (Å²) < 4.78 is 6.63. The molecule has 144 valence electrons. The SMILES string of the molecule is Cc1cc(NC(=O)c2nc(C(=O)N3CCc4ccccc43)n3ccccc23)no1. The summed E-state index contributed by atoms with van der Waals surface area (Å²) in [5, 5.41) is 6.44. The first-order valence-electron chi connectivity index (χ1n) is 9.23. The van der Waals surface area contributed by atoms with Crippen molar-refractivity contribution in [3.05, 3.63) is 77.6 Å². The normalized spacial score (nSPS) is 12.9. The predicted octanol–water partition coefficient (Wildman–Crippen LogP) is 3.09. The molecular weight excluding hydrogens is 370 g/mol. The first-order valence-corrected chi connectivity index (χ1v) is 9.23. The lowest BCUT2D eigenvalue weighted by Gasteiger charge is -2.16. The molecule has 0 spiro atoms. The molecule has 4 aromatic rings. The molecule has 1 aliphatic heterocycles. The lowest BCUT2D eigenvalue weighted by molar-refractivity contribution is 0.0979. The van der Waals surface area contributed by atoms with Crippen molar-refractivity contribution in [2.75, 3.05) is 16.8 Å². The Balaban J connectivity index is 1.54. The van der Waals surface area contributed by atoms with Crippen molar-refractivity contribution in [1.82, 2.24) is 14.5 Å². The molecule has 0 atom stereocenters. The number of aryl methyl sites for hydroxylation is 1. The van der Waals surface area contributed by atoms with Crippen LogP contribution in [0.2, 0.25) is 0 Å². The maximum atomic E-state index is 13.3. The number of carbonyl (C=O) groups excluding carboxylic acids is 2. The Morgan fingerprint density at radius 2 is 1.97 bits per heavy atom. The number of amides is 2. The number of nitrogens with one attached hydrogen (secondary N) is 1. The van der Waals surface area contributed by atoms with E-state index < -0.39 is 5.91 Å². The lowest BCUT2D eigenvalue weighted by atomic mass is 10.2. The summed E-state index contributed by atoms with van der Waals surface area (Å²) in [6, 6.07) is 14.8. The van der Waals surface area contributed by atoms with Crippen LogP contribution in [0.1, 0.15) is 32.4 Å². The molecular formula is C21H17N5O3. The number of nitrogens with zero attached hydrogens (tertiary/aromatic N) is 4. The van der Waals surface area contributed by atoms with Gasteiger partial charge in [-0.3, -0.25) is 14.0 Å². The topological polar surface area (TPSA) is 92.7 Å². The highest BCUT2D eigenvalue weighted by molar-refractivity contribution is 6.11. The number of fused-ring (bicyclic) bond motifs is 2. The van der Waals surface area contributed by atoms with Crippen molar-refractivity contribution >= 4 is 28.8 Å². The third kappa shape index (κ3) is 2.85. The summed E-state index contributed by atoms with van der Waals surface area (Å²) in [4.78, 5) is 32.2. The number of para-hydroxylation sites is 1. The van der Waals surface area contributed by atoms with Crippen molar-refractivity contribution in [2.24, 2.45) is 0 Å². The minimum atomic E-state index is -0.456. The van der Waals surface area contributed by atoms with Crippen molar-refractivity contribution in [1.29, 1.82) is 0 Å². The van der Waals surface area contributed by atoms with Crippen molar-refractivity contribution in [2.45, 2.75) is 13.3 Å². The zero-order valence-corrected chi connectivity index (χ0v) is 15.6. The van der Waals surface area contributed by atoms with E-state index in [0.717, 1.165) is 17.7 Å². The minimum absolute atomic E-state index is 0.155.